The number of nitrogens with zero attached hydrogens (tertiary/aromatic N) is 1. The largest absolute Gasteiger partial charge is 0.415 e. The van der Waals surface area contributed by atoms with Gasteiger partial charge in [-0.25, -0.2) is 4.79 Å². The van der Waals surface area contributed by atoms with E-state index < -0.39 is 5.91 Å². The average molecular weight is 366 g/mol. The third-order valence-corrected chi connectivity index (χ3v) is 5.18. The Morgan fingerprint density at radius 2 is 1.67 bits per heavy atom. The van der Waals surface area contributed by atoms with Crippen molar-refractivity contribution in [2.75, 3.05) is 13.1 Å². The fourth-order valence-electron chi connectivity index (χ4n) is 3.38. The first kappa shape index (κ1) is 19.0. The third-order valence-electron chi connectivity index (χ3n) is 5.18. The van der Waals surface area contributed by atoms with Crippen molar-refractivity contribution >= 4 is 12.0 Å². The number of nitrogens with two attached hydrogens (primary N) is 1. The predicted molar refractivity (Wildman–Crippen MR) is 105 cm³/mol. The summed E-state index contributed by atoms with van der Waals surface area (Å²) in [6.07, 6.45) is 3.91. The van der Waals surface area contributed by atoms with Crippen LogP contribution in [0.4, 0.5) is 4.79 Å². The first-order valence-electron chi connectivity index (χ1n) is 9.43. The zero-order chi connectivity index (χ0) is 19.2. The average Bonchev–Trinajstić information content (AvgIpc) is 2.68. The number of piperidine rings is 1. The number of likely N-dealkylation sites (tertiary alicyclic amines) is 1. The number of hydrogen-bond acceptors (Lipinski definition) is 3. The van der Waals surface area contributed by atoms with E-state index in [0.29, 0.717) is 17.2 Å². The second-order valence-corrected chi connectivity index (χ2v) is 7.21. The molecule has 0 bridgehead atoms. The van der Waals surface area contributed by atoms with E-state index in [1.807, 2.05) is 0 Å². The number of aryl methyl sites for hydroxylation is 2. The van der Waals surface area contributed by atoms with Crippen LogP contribution in [0.15, 0.2) is 48.5 Å². The lowest BCUT2D eigenvalue weighted by Gasteiger charge is -2.31. The van der Waals surface area contributed by atoms with E-state index >= 15 is 0 Å². The highest BCUT2D eigenvalue weighted by molar-refractivity contribution is 5.92. The van der Waals surface area contributed by atoms with Crippen molar-refractivity contribution in [2.24, 2.45) is 11.7 Å². The number of benzene rings is 2. The molecular weight excluding hydrogens is 340 g/mol. The van der Waals surface area contributed by atoms with Gasteiger partial charge in [-0.3, -0.25) is 4.79 Å². The Morgan fingerprint density at radius 3 is 2.26 bits per heavy atom. The minimum Gasteiger partial charge on any atom is -0.410 e. The summed E-state index contributed by atoms with van der Waals surface area (Å²) in [5.41, 5.74) is 8.26. The Balaban J connectivity index is 1.43. The molecule has 0 aliphatic carbocycles. The predicted octanol–water partition coefficient (Wildman–Crippen LogP) is 3.94. The van der Waals surface area contributed by atoms with Gasteiger partial charge in [0.2, 0.25) is 5.91 Å². The van der Waals surface area contributed by atoms with Crippen LogP contribution in [-0.4, -0.2) is 30.0 Å². The van der Waals surface area contributed by atoms with Crippen molar-refractivity contribution in [3.63, 3.8) is 0 Å². The molecule has 0 atom stereocenters. The van der Waals surface area contributed by atoms with Crippen LogP contribution in [0.1, 0.15) is 40.7 Å². The fourth-order valence-corrected chi connectivity index (χ4v) is 3.38. The van der Waals surface area contributed by atoms with Crippen molar-refractivity contribution < 1.29 is 14.3 Å². The standard InChI is InChI=1S/C22H26N2O3/c1-16-2-4-17(5-3-16)6-7-18-12-14-24(15-13-18)22(26)27-20-10-8-19(9-11-20)21(23)25/h2-5,8-11,18H,6-7,12-15H2,1H3,(H2,23,25). The summed E-state index contributed by atoms with van der Waals surface area (Å²) < 4.78 is 5.40. The van der Waals surface area contributed by atoms with E-state index in [1.54, 1.807) is 29.2 Å². The van der Waals surface area contributed by atoms with Crippen molar-refractivity contribution in [3.8, 4) is 5.75 Å². The lowest BCUT2D eigenvalue weighted by Crippen LogP contribution is -2.40. The highest BCUT2D eigenvalue weighted by Crippen LogP contribution is 2.23. The van der Waals surface area contributed by atoms with Gasteiger partial charge in [-0.2, -0.15) is 0 Å². The van der Waals surface area contributed by atoms with Crippen LogP contribution >= 0.6 is 0 Å². The van der Waals surface area contributed by atoms with Gasteiger partial charge in [0.15, 0.2) is 0 Å². The summed E-state index contributed by atoms with van der Waals surface area (Å²) in [6, 6.07) is 15.0. The quantitative estimate of drug-likeness (QED) is 0.871. The number of rotatable bonds is 5. The van der Waals surface area contributed by atoms with E-state index in [2.05, 4.69) is 31.2 Å². The van der Waals surface area contributed by atoms with E-state index in [4.69, 9.17) is 10.5 Å². The molecule has 0 unspecified atom stereocenters. The van der Waals surface area contributed by atoms with Gasteiger partial charge in [-0.05, 0) is 68.4 Å². The van der Waals surface area contributed by atoms with Gasteiger partial charge in [0.25, 0.3) is 0 Å². The van der Waals surface area contributed by atoms with Gasteiger partial charge in [0.1, 0.15) is 5.75 Å². The molecule has 2 aromatic rings. The highest BCUT2D eigenvalue weighted by atomic mass is 16.6. The van der Waals surface area contributed by atoms with Gasteiger partial charge in [-0.1, -0.05) is 29.8 Å². The van der Waals surface area contributed by atoms with Gasteiger partial charge in [0, 0.05) is 18.7 Å². The number of carbonyl (C=O) groups is 2. The molecule has 5 heteroatoms. The molecule has 3 rings (SSSR count). The summed E-state index contributed by atoms with van der Waals surface area (Å²) in [4.78, 5) is 25.1. The molecular formula is C22H26N2O3. The van der Waals surface area contributed by atoms with Crippen LogP contribution in [0.2, 0.25) is 0 Å². The Kier molecular flexibility index (Phi) is 6.12. The smallest absolute Gasteiger partial charge is 0.410 e. The van der Waals surface area contributed by atoms with E-state index in [9.17, 15) is 9.59 Å². The molecule has 0 radical (unpaired) electrons. The van der Waals surface area contributed by atoms with Gasteiger partial charge >= 0.3 is 6.09 Å². The molecule has 1 aliphatic rings. The molecule has 27 heavy (non-hydrogen) atoms. The molecule has 0 aromatic heterocycles. The van der Waals surface area contributed by atoms with Crippen molar-refractivity contribution in [2.45, 2.75) is 32.6 Å². The van der Waals surface area contributed by atoms with Crippen LogP contribution in [0.3, 0.4) is 0 Å². The molecule has 2 N–H and O–H groups in total. The maximum atomic E-state index is 12.3. The van der Waals surface area contributed by atoms with E-state index in [1.165, 1.54) is 11.1 Å². The highest BCUT2D eigenvalue weighted by Gasteiger charge is 2.24. The first-order chi connectivity index (χ1) is 13.0. The molecule has 0 saturated carbocycles. The summed E-state index contributed by atoms with van der Waals surface area (Å²) >= 11 is 0. The molecule has 5 nitrogen and oxygen atoms in total. The minimum atomic E-state index is -0.499. The zero-order valence-corrected chi connectivity index (χ0v) is 15.7. The molecule has 1 aliphatic heterocycles. The normalized spacial score (nSPS) is 14.8. The van der Waals surface area contributed by atoms with Crippen LogP contribution < -0.4 is 10.5 Å². The Labute approximate surface area is 160 Å². The lowest BCUT2D eigenvalue weighted by atomic mass is 9.90. The lowest BCUT2D eigenvalue weighted by molar-refractivity contribution is 0.100. The van der Waals surface area contributed by atoms with Crippen LogP contribution in [0.25, 0.3) is 0 Å². The number of amides is 2. The van der Waals surface area contributed by atoms with E-state index in [-0.39, 0.29) is 6.09 Å². The van der Waals surface area contributed by atoms with Crippen LogP contribution in [0.5, 0.6) is 5.75 Å². The second-order valence-electron chi connectivity index (χ2n) is 7.21. The summed E-state index contributed by atoms with van der Waals surface area (Å²) in [7, 11) is 0. The monoisotopic (exact) mass is 366 g/mol. The third kappa shape index (κ3) is 5.33. The van der Waals surface area contributed by atoms with Crippen LogP contribution in [-0.2, 0) is 6.42 Å². The minimum absolute atomic E-state index is 0.334. The first-order valence-corrected chi connectivity index (χ1v) is 9.43. The summed E-state index contributed by atoms with van der Waals surface area (Å²) in [6.45, 7) is 3.54. The molecule has 0 spiro atoms. The molecule has 1 saturated heterocycles. The Hall–Kier alpha value is -2.82. The SMILES string of the molecule is Cc1ccc(CCC2CCN(C(=O)Oc3ccc(C(N)=O)cc3)CC2)cc1. The van der Waals surface area contributed by atoms with Gasteiger partial charge < -0.3 is 15.4 Å². The maximum absolute atomic E-state index is 12.3. The molecule has 1 fully saturated rings. The molecule has 2 amide bonds. The summed E-state index contributed by atoms with van der Waals surface area (Å²) in [5.74, 6) is 0.567. The van der Waals surface area contributed by atoms with Crippen molar-refractivity contribution in [3.05, 3.63) is 65.2 Å². The van der Waals surface area contributed by atoms with Crippen molar-refractivity contribution in [1.29, 1.82) is 0 Å². The maximum Gasteiger partial charge on any atom is 0.415 e. The molecule has 1 heterocycles. The Bertz CT molecular complexity index is 776. The number of primary amides is 1. The number of hydrogen-bond donors (Lipinski definition) is 1. The van der Waals surface area contributed by atoms with Gasteiger partial charge in [0.05, 0.1) is 0 Å². The topological polar surface area (TPSA) is 72.6 Å². The second kappa shape index (κ2) is 8.71. The number of ether oxygens (including phenoxy) is 1. The van der Waals surface area contributed by atoms with Crippen LogP contribution in [0, 0.1) is 12.8 Å². The van der Waals surface area contributed by atoms with Gasteiger partial charge in [-0.15, -0.1) is 0 Å². The van der Waals surface area contributed by atoms with Crippen molar-refractivity contribution in [1.82, 2.24) is 4.90 Å². The molecule has 142 valence electrons. The van der Waals surface area contributed by atoms with E-state index in [0.717, 1.165) is 38.8 Å². The molecule has 2 aromatic carbocycles. The fraction of sp³-hybridized carbons (Fsp3) is 0.364. The number of carbonyl (C=O) groups excluding carboxylic acids is 2. The Morgan fingerprint density at radius 1 is 1.04 bits per heavy atom. The zero-order valence-electron chi connectivity index (χ0n) is 15.7. The summed E-state index contributed by atoms with van der Waals surface area (Å²) in [5, 5.41) is 0.